The van der Waals surface area contributed by atoms with Gasteiger partial charge in [-0.05, 0) is 24.3 Å². The number of ether oxygens (including phenoxy) is 5. The Morgan fingerprint density at radius 1 is 0.411 bits per heavy atom. The molecule has 22 nitrogen and oxygen atoms in total. The van der Waals surface area contributed by atoms with E-state index in [4.69, 9.17) is 23.7 Å². The van der Waals surface area contributed by atoms with Crippen molar-refractivity contribution in [2.75, 3.05) is 6.61 Å². The Labute approximate surface area is 308 Å². The molecule has 3 aliphatic heterocycles. The van der Waals surface area contributed by atoms with Crippen LogP contribution in [0.15, 0.2) is 24.3 Å². The summed E-state index contributed by atoms with van der Waals surface area (Å²) in [6, 6.07) is 1.96. The smallest absolute Gasteiger partial charge is 0.339 e. The predicted molar refractivity (Wildman–Crippen MR) is 173 cm³/mol. The van der Waals surface area contributed by atoms with Gasteiger partial charge in [-0.3, -0.25) is 0 Å². The first kappa shape index (κ1) is 36.6. The molecule has 0 radical (unpaired) electrons. The summed E-state index contributed by atoms with van der Waals surface area (Å²) in [6.45, 7) is -1.08. The average molecular weight is 785 g/mol. The number of carbonyl (C=O) groups excluding carboxylic acids is 4. The van der Waals surface area contributed by atoms with E-state index in [0.717, 1.165) is 0 Å². The number of fused-ring (bicyclic) bond motifs is 9. The zero-order valence-electron chi connectivity index (χ0n) is 27.4. The maximum Gasteiger partial charge on any atom is 0.339 e. The van der Waals surface area contributed by atoms with Crippen LogP contribution in [-0.4, -0.2) is 128 Å². The van der Waals surface area contributed by atoms with Gasteiger partial charge in [0.05, 0.1) is 22.3 Å². The van der Waals surface area contributed by atoms with Gasteiger partial charge < -0.3 is 90.1 Å². The van der Waals surface area contributed by atoms with Crippen molar-refractivity contribution in [3.8, 4) is 91.2 Å². The first-order valence-corrected chi connectivity index (χ1v) is 15.6. The molecule has 22 heteroatoms. The van der Waals surface area contributed by atoms with Gasteiger partial charge in [-0.2, -0.15) is 0 Å². The Kier molecular flexibility index (Phi) is 8.31. The van der Waals surface area contributed by atoms with E-state index in [9.17, 15) is 85.6 Å². The van der Waals surface area contributed by atoms with Gasteiger partial charge in [0.25, 0.3) is 0 Å². The molecule has 292 valence electrons. The second-order valence-electron chi connectivity index (χ2n) is 12.3. The van der Waals surface area contributed by atoms with Crippen LogP contribution in [0.1, 0.15) is 41.4 Å². The third-order valence-electron chi connectivity index (χ3n) is 9.11. The van der Waals surface area contributed by atoms with E-state index in [1.54, 1.807) is 0 Å². The minimum atomic E-state index is -2.40. The number of esters is 4. The maximum absolute atomic E-state index is 14.1. The van der Waals surface area contributed by atoms with Crippen LogP contribution in [0.5, 0.6) is 69.0 Å². The molecule has 0 amide bonds. The SMILES string of the molecule is O=C1OCC2O[C@@H](O)C3OC(=O)c4cc(O)c(O)c(O)c4-c4c(cc(O)c(O)c4O)C(=O)O[C@H]3[C@@H]2OC(=O)c2cc(O)c(O)c(O)c2-c2c1cc(O)c(O)c2O. The zero-order chi connectivity index (χ0) is 40.8. The molecule has 5 atom stereocenters. The molecule has 1 saturated heterocycles. The van der Waals surface area contributed by atoms with Crippen molar-refractivity contribution in [2.45, 2.75) is 30.7 Å². The highest BCUT2D eigenvalue weighted by atomic mass is 16.7. The van der Waals surface area contributed by atoms with E-state index in [2.05, 4.69) is 0 Å². The average Bonchev–Trinajstić information content (AvgIpc) is 3.16. The Morgan fingerprint density at radius 3 is 1.07 bits per heavy atom. The van der Waals surface area contributed by atoms with Crippen LogP contribution in [-0.2, 0) is 23.7 Å². The normalized spacial score (nSPS) is 21.8. The second-order valence-corrected chi connectivity index (χ2v) is 12.3. The minimum absolute atomic E-state index is 0.465. The summed E-state index contributed by atoms with van der Waals surface area (Å²) < 4.78 is 27.2. The fourth-order valence-electron chi connectivity index (χ4n) is 6.46. The predicted octanol–water partition coefficient (Wildman–Crippen LogP) is 0.665. The zero-order valence-corrected chi connectivity index (χ0v) is 27.4. The van der Waals surface area contributed by atoms with Crippen molar-refractivity contribution in [2.24, 2.45) is 0 Å². The Hall–Kier alpha value is -7.72. The van der Waals surface area contributed by atoms with E-state index >= 15 is 0 Å². The molecule has 1 fully saturated rings. The van der Waals surface area contributed by atoms with Gasteiger partial charge in [0.15, 0.2) is 70.6 Å². The molecule has 0 aliphatic carbocycles. The molecule has 4 aromatic rings. The molecule has 7 rings (SSSR count). The number of rotatable bonds is 0. The third-order valence-corrected chi connectivity index (χ3v) is 9.11. The number of aromatic hydroxyl groups is 12. The third kappa shape index (κ3) is 5.34. The number of cyclic esters (lactones) is 1. The summed E-state index contributed by atoms with van der Waals surface area (Å²) in [5, 5.41) is 137. The van der Waals surface area contributed by atoms with Crippen molar-refractivity contribution in [1.82, 2.24) is 0 Å². The summed E-state index contributed by atoms with van der Waals surface area (Å²) in [5.41, 5.74) is -7.76. The minimum Gasteiger partial charge on any atom is -0.504 e. The molecule has 13 N–H and O–H groups in total. The first-order valence-electron chi connectivity index (χ1n) is 15.6. The van der Waals surface area contributed by atoms with Crippen LogP contribution in [0.2, 0.25) is 0 Å². The van der Waals surface area contributed by atoms with Crippen molar-refractivity contribution < 1.29 is 109 Å². The standard InChI is InChI=1S/C34H24O22/c35-10-1-6-15(23(43)19(10)39)16-7(2-11(36)20(40)24(16)44)31(48)54-27-14(5-52-30(6)47)53-34(51)29-28(27)55-32(49)8-3-12(37)21(41)25(45)17(8)18-9(33(50)56-29)4-13(38)22(42)26(18)46/h1-4,14,27-29,34-46,51H,5H2/t14?,27-,28+,29?,34-/m1/s1. The van der Waals surface area contributed by atoms with Gasteiger partial charge in [0.1, 0.15) is 12.7 Å². The number of phenolic OH excluding ortho intramolecular Hbond substituents is 12. The number of aliphatic hydroxyl groups is 1. The van der Waals surface area contributed by atoms with Gasteiger partial charge in [-0.25, -0.2) is 19.2 Å². The van der Waals surface area contributed by atoms with Gasteiger partial charge in [0, 0.05) is 22.3 Å². The van der Waals surface area contributed by atoms with Crippen LogP contribution in [0.3, 0.4) is 0 Å². The van der Waals surface area contributed by atoms with E-state index < -0.39 is 175 Å². The molecule has 0 spiro atoms. The lowest BCUT2D eigenvalue weighted by Crippen LogP contribution is -2.62. The van der Waals surface area contributed by atoms with Crippen LogP contribution in [0.4, 0.5) is 0 Å². The number of hydrogen-bond donors (Lipinski definition) is 13. The van der Waals surface area contributed by atoms with Gasteiger partial charge in [-0.1, -0.05) is 0 Å². The molecule has 0 saturated carbocycles. The van der Waals surface area contributed by atoms with Crippen LogP contribution in [0.25, 0.3) is 22.3 Å². The molecule has 56 heavy (non-hydrogen) atoms. The van der Waals surface area contributed by atoms with Gasteiger partial charge in [-0.15, -0.1) is 0 Å². The maximum atomic E-state index is 14.1. The van der Waals surface area contributed by atoms with E-state index in [1.165, 1.54) is 0 Å². The van der Waals surface area contributed by atoms with Crippen LogP contribution < -0.4 is 0 Å². The van der Waals surface area contributed by atoms with E-state index in [1.807, 2.05) is 0 Å². The quantitative estimate of drug-likeness (QED) is 0.0661. The number of aliphatic hydroxyl groups excluding tert-OH is 1. The Balaban J connectivity index is 1.44. The highest BCUT2D eigenvalue weighted by Crippen LogP contribution is 2.55. The number of benzene rings is 4. The first-order chi connectivity index (χ1) is 26.3. The monoisotopic (exact) mass is 784 g/mol. The van der Waals surface area contributed by atoms with Crippen molar-refractivity contribution >= 4 is 23.9 Å². The molecule has 0 bridgehead atoms. The van der Waals surface area contributed by atoms with Crippen LogP contribution >= 0.6 is 0 Å². The molecular weight excluding hydrogens is 760 g/mol. The summed E-state index contributed by atoms with van der Waals surface area (Å²) in [7, 11) is 0. The molecular formula is C34H24O22. The second kappa shape index (κ2) is 12.7. The van der Waals surface area contributed by atoms with Gasteiger partial charge in [0.2, 0.25) is 23.0 Å². The summed E-state index contributed by atoms with van der Waals surface area (Å²) in [6.07, 6.45) is -11.1. The van der Waals surface area contributed by atoms with Gasteiger partial charge >= 0.3 is 23.9 Å². The summed E-state index contributed by atoms with van der Waals surface area (Å²) in [5.74, 6) is -21.9. The topological polar surface area (TPSA) is 377 Å². The van der Waals surface area contributed by atoms with Crippen molar-refractivity contribution in [3.05, 3.63) is 46.5 Å². The molecule has 2 unspecified atom stereocenters. The lowest BCUT2D eigenvalue weighted by atomic mass is 9.91. The lowest BCUT2D eigenvalue weighted by Gasteiger charge is -2.43. The highest BCUT2D eigenvalue weighted by Gasteiger charge is 2.54. The fraction of sp³-hybridized carbons (Fsp3) is 0.176. The summed E-state index contributed by atoms with van der Waals surface area (Å²) >= 11 is 0. The Bertz CT molecular complexity index is 2440. The van der Waals surface area contributed by atoms with E-state index in [-0.39, 0.29) is 0 Å². The molecule has 4 aromatic carbocycles. The molecule has 3 aliphatic rings. The van der Waals surface area contributed by atoms with Crippen molar-refractivity contribution in [3.63, 3.8) is 0 Å². The van der Waals surface area contributed by atoms with Crippen molar-refractivity contribution in [1.29, 1.82) is 0 Å². The largest absolute Gasteiger partial charge is 0.504 e. The number of hydrogen-bond acceptors (Lipinski definition) is 22. The van der Waals surface area contributed by atoms with Crippen LogP contribution in [0, 0.1) is 0 Å². The fourth-order valence-corrected chi connectivity index (χ4v) is 6.46. The summed E-state index contributed by atoms with van der Waals surface area (Å²) in [4.78, 5) is 55.3. The molecule has 0 aromatic heterocycles. The molecule has 3 heterocycles. The number of carbonyl (C=O) groups is 4. The highest BCUT2D eigenvalue weighted by molar-refractivity contribution is 6.10. The number of phenols is 12. The lowest BCUT2D eigenvalue weighted by molar-refractivity contribution is -0.284. The van der Waals surface area contributed by atoms with E-state index in [0.29, 0.717) is 24.3 Å². The Morgan fingerprint density at radius 2 is 0.714 bits per heavy atom.